The third kappa shape index (κ3) is 3.36. The molecule has 0 unspecified atom stereocenters. The van der Waals surface area contributed by atoms with Gasteiger partial charge in [-0.3, -0.25) is 9.78 Å². The normalized spacial score (nSPS) is 15.5. The van der Waals surface area contributed by atoms with Gasteiger partial charge in [0, 0.05) is 37.0 Å². The molecule has 0 saturated carbocycles. The van der Waals surface area contributed by atoms with Crippen molar-refractivity contribution in [2.24, 2.45) is 5.92 Å². The summed E-state index contributed by atoms with van der Waals surface area (Å²) in [6.45, 7) is 5.99. The molecule has 2 aromatic heterocycles. The fraction of sp³-hybridized carbons (Fsp3) is 0.381. The first-order valence-electron chi connectivity index (χ1n) is 9.14. The fourth-order valence-corrected chi connectivity index (χ4v) is 4.46. The zero-order chi connectivity index (χ0) is 18.1. The summed E-state index contributed by atoms with van der Waals surface area (Å²) in [4.78, 5) is 19.5. The number of hydrogen-bond donors (Lipinski definition) is 0. The SMILES string of the molecule is Cc1ccc(CC(=O)C2CCN(c3ccnc4csnc34)CC2)c(C)c1. The summed E-state index contributed by atoms with van der Waals surface area (Å²) in [6.07, 6.45) is 4.24. The van der Waals surface area contributed by atoms with Crippen LogP contribution in [0.2, 0.25) is 0 Å². The molecule has 1 aliphatic rings. The van der Waals surface area contributed by atoms with Crippen molar-refractivity contribution in [3.05, 3.63) is 52.5 Å². The van der Waals surface area contributed by atoms with Gasteiger partial charge >= 0.3 is 0 Å². The highest BCUT2D eigenvalue weighted by atomic mass is 32.1. The highest BCUT2D eigenvalue weighted by Gasteiger charge is 2.26. The number of carbonyl (C=O) groups excluding carboxylic acids is 1. The Morgan fingerprint density at radius 2 is 2.04 bits per heavy atom. The van der Waals surface area contributed by atoms with E-state index in [9.17, 15) is 4.79 Å². The lowest BCUT2D eigenvalue weighted by Gasteiger charge is -2.33. The van der Waals surface area contributed by atoms with Gasteiger partial charge in [0.1, 0.15) is 16.8 Å². The lowest BCUT2D eigenvalue weighted by Crippen LogP contribution is -2.37. The number of rotatable bonds is 4. The summed E-state index contributed by atoms with van der Waals surface area (Å²) in [7, 11) is 0. The molecule has 5 heteroatoms. The molecule has 1 aliphatic heterocycles. The van der Waals surface area contributed by atoms with Crippen LogP contribution in [0.3, 0.4) is 0 Å². The first-order chi connectivity index (χ1) is 12.6. The molecule has 134 valence electrons. The number of piperidine rings is 1. The van der Waals surface area contributed by atoms with E-state index in [1.165, 1.54) is 28.2 Å². The van der Waals surface area contributed by atoms with E-state index in [1.807, 2.05) is 17.6 Å². The topological polar surface area (TPSA) is 46.1 Å². The van der Waals surface area contributed by atoms with E-state index in [0.717, 1.165) is 42.7 Å². The third-order valence-electron chi connectivity index (χ3n) is 5.39. The molecule has 26 heavy (non-hydrogen) atoms. The summed E-state index contributed by atoms with van der Waals surface area (Å²) in [5.74, 6) is 0.546. The van der Waals surface area contributed by atoms with Crippen LogP contribution in [0.1, 0.15) is 29.5 Å². The molecular formula is C21H23N3OS. The molecule has 0 bridgehead atoms. The summed E-state index contributed by atoms with van der Waals surface area (Å²) in [5.41, 5.74) is 6.73. The number of aryl methyl sites for hydroxylation is 2. The number of fused-ring (bicyclic) bond motifs is 1. The molecule has 0 amide bonds. The zero-order valence-corrected chi connectivity index (χ0v) is 16.1. The molecule has 0 N–H and O–H groups in total. The molecule has 1 aromatic carbocycles. The number of hydrogen-bond acceptors (Lipinski definition) is 5. The van der Waals surface area contributed by atoms with Gasteiger partial charge in [-0.25, -0.2) is 0 Å². The second-order valence-electron chi connectivity index (χ2n) is 7.21. The van der Waals surface area contributed by atoms with Crippen molar-refractivity contribution in [2.75, 3.05) is 18.0 Å². The quantitative estimate of drug-likeness (QED) is 0.690. The monoisotopic (exact) mass is 365 g/mol. The van der Waals surface area contributed by atoms with Crippen LogP contribution in [0.4, 0.5) is 5.69 Å². The van der Waals surface area contributed by atoms with Crippen molar-refractivity contribution in [3.8, 4) is 0 Å². The molecule has 3 aromatic rings. The number of anilines is 1. The molecule has 0 spiro atoms. The van der Waals surface area contributed by atoms with Gasteiger partial charge < -0.3 is 4.90 Å². The van der Waals surface area contributed by atoms with E-state index in [2.05, 4.69) is 46.3 Å². The maximum Gasteiger partial charge on any atom is 0.140 e. The largest absolute Gasteiger partial charge is 0.370 e. The van der Waals surface area contributed by atoms with Crippen molar-refractivity contribution in [2.45, 2.75) is 33.1 Å². The molecule has 0 aliphatic carbocycles. The molecule has 0 atom stereocenters. The predicted molar refractivity (Wildman–Crippen MR) is 107 cm³/mol. The van der Waals surface area contributed by atoms with Gasteiger partial charge in [-0.1, -0.05) is 23.8 Å². The van der Waals surface area contributed by atoms with E-state index >= 15 is 0 Å². The molecule has 4 nitrogen and oxygen atoms in total. The van der Waals surface area contributed by atoms with Crippen LogP contribution < -0.4 is 4.90 Å². The van der Waals surface area contributed by atoms with Gasteiger partial charge in [0.2, 0.25) is 0 Å². The third-order valence-corrected chi connectivity index (χ3v) is 6.01. The number of aromatic nitrogens is 2. The van der Waals surface area contributed by atoms with Crippen LogP contribution in [-0.2, 0) is 11.2 Å². The molecule has 4 rings (SSSR count). The minimum Gasteiger partial charge on any atom is -0.370 e. The first kappa shape index (κ1) is 17.2. The Morgan fingerprint density at radius 1 is 1.23 bits per heavy atom. The molecule has 1 fully saturated rings. The number of benzene rings is 1. The molecule has 3 heterocycles. The Balaban J connectivity index is 1.41. The Hall–Kier alpha value is -2.27. The summed E-state index contributed by atoms with van der Waals surface area (Å²) in [6, 6.07) is 8.40. The Bertz CT molecular complexity index is 941. The van der Waals surface area contributed by atoms with Crippen molar-refractivity contribution in [3.63, 3.8) is 0 Å². The van der Waals surface area contributed by atoms with Crippen LogP contribution in [0.5, 0.6) is 0 Å². The zero-order valence-electron chi connectivity index (χ0n) is 15.2. The number of nitrogens with zero attached hydrogens (tertiary/aromatic N) is 3. The average Bonchev–Trinajstić information content (AvgIpc) is 3.13. The Labute approximate surface area is 158 Å². The average molecular weight is 366 g/mol. The first-order valence-corrected chi connectivity index (χ1v) is 9.98. The van der Waals surface area contributed by atoms with Gasteiger partial charge in [0.05, 0.1) is 5.69 Å². The van der Waals surface area contributed by atoms with Crippen molar-refractivity contribution in [1.82, 2.24) is 9.36 Å². The molecular weight excluding hydrogens is 342 g/mol. The fourth-order valence-electron chi connectivity index (χ4n) is 3.84. The van der Waals surface area contributed by atoms with Gasteiger partial charge in [0.15, 0.2) is 0 Å². The van der Waals surface area contributed by atoms with Crippen molar-refractivity contribution >= 4 is 34.0 Å². The van der Waals surface area contributed by atoms with Crippen molar-refractivity contribution < 1.29 is 4.79 Å². The predicted octanol–water partition coefficient (Wildman–Crippen LogP) is 4.34. The van der Waals surface area contributed by atoms with Gasteiger partial charge in [-0.2, -0.15) is 4.37 Å². The summed E-state index contributed by atoms with van der Waals surface area (Å²) < 4.78 is 4.49. The standard InChI is InChI=1S/C21H23N3OS/c1-14-3-4-17(15(2)11-14)12-20(25)16-6-9-24(10-7-16)19-5-8-22-18-13-26-23-21(18)19/h3-5,8,11,13,16H,6-7,9-10,12H2,1-2H3. The van der Waals surface area contributed by atoms with E-state index in [1.54, 1.807) is 0 Å². The van der Waals surface area contributed by atoms with E-state index in [-0.39, 0.29) is 5.92 Å². The number of Topliss-reactive ketones (excluding diaryl/α,β-unsaturated/α-hetero) is 1. The second kappa shape index (κ2) is 7.16. The minimum absolute atomic E-state index is 0.166. The highest BCUT2D eigenvalue weighted by Crippen LogP contribution is 2.30. The lowest BCUT2D eigenvalue weighted by atomic mass is 9.88. The maximum absolute atomic E-state index is 12.8. The van der Waals surface area contributed by atoms with Crippen LogP contribution in [-0.4, -0.2) is 28.2 Å². The number of pyridine rings is 1. The van der Waals surface area contributed by atoms with Crippen LogP contribution in [0.15, 0.2) is 35.8 Å². The van der Waals surface area contributed by atoms with Gasteiger partial charge in [-0.15, -0.1) is 0 Å². The van der Waals surface area contributed by atoms with E-state index < -0.39 is 0 Å². The highest BCUT2D eigenvalue weighted by molar-refractivity contribution is 7.04. The van der Waals surface area contributed by atoms with Gasteiger partial charge in [0.25, 0.3) is 0 Å². The summed E-state index contributed by atoms with van der Waals surface area (Å²) >= 11 is 1.45. The smallest absolute Gasteiger partial charge is 0.140 e. The number of carbonyl (C=O) groups is 1. The second-order valence-corrected chi connectivity index (χ2v) is 7.84. The maximum atomic E-state index is 12.8. The van der Waals surface area contributed by atoms with E-state index in [4.69, 9.17) is 0 Å². The van der Waals surface area contributed by atoms with Crippen LogP contribution >= 0.6 is 11.5 Å². The van der Waals surface area contributed by atoms with Crippen LogP contribution in [0, 0.1) is 19.8 Å². The number of ketones is 1. The Morgan fingerprint density at radius 3 is 2.81 bits per heavy atom. The van der Waals surface area contributed by atoms with Crippen molar-refractivity contribution in [1.29, 1.82) is 0 Å². The molecule has 0 radical (unpaired) electrons. The van der Waals surface area contributed by atoms with Gasteiger partial charge in [-0.05, 0) is 55.4 Å². The lowest BCUT2D eigenvalue weighted by molar-refractivity contribution is -0.122. The van der Waals surface area contributed by atoms with Crippen LogP contribution in [0.25, 0.3) is 11.0 Å². The Kier molecular flexibility index (Phi) is 4.72. The molecule has 1 saturated heterocycles. The summed E-state index contributed by atoms with van der Waals surface area (Å²) in [5, 5.41) is 1.99. The van der Waals surface area contributed by atoms with E-state index in [0.29, 0.717) is 12.2 Å². The minimum atomic E-state index is 0.166.